The van der Waals surface area contributed by atoms with E-state index in [9.17, 15) is 52.6 Å². The number of nitrogens with one attached hydrogen (secondary N) is 3. The Bertz CT molecular complexity index is 2630. The van der Waals surface area contributed by atoms with Gasteiger partial charge in [-0.3, -0.25) is 43.3 Å². The van der Waals surface area contributed by atoms with E-state index in [1.807, 2.05) is 55.7 Å². The summed E-state index contributed by atoms with van der Waals surface area (Å²) in [5.74, 6) is -8.72. The molecule has 2 aromatic carbocycles. The highest BCUT2D eigenvalue weighted by molar-refractivity contribution is 8.00. The van der Waals surface area contributed by atoms with Crippen LogP contribution in [-0.2, 0) is 68.6 Å². The maximum Gasteiger partial charge on any atom is 0.327 e. The van der Waals surface area contributed by atoms with E-state index in [0.717, 1.165) is 58.8 Å². The molecule has 8 amide bonds. The summed E-state index contributed by atoms with van der Waals surface area (Å²) in [6.45, 7) is 8.96. The minimum atomic E-state index is -1.38. The number of aliphatic imine (C=N–C) groups is 1. The van der Waals surface area contributed by atoms with Crippen LogP contribution >= 0.6 is 11.8 Å². The first-order valence-corrected chi connectivity index (χ1v) is 27.2. The Morgan fingerprint density at radius 3 is 2.09 bits per heavy atom. The highest BCUT2D eigenvalue weighted by Crippen LogP contribution is 2.41. The zero-order chi connectivity index (χ0) is 58.6. The number of carbonyl (C=O) groups is 9. The van der Waals surface area contributed by atoms with Crippen molar-refractivity contribution in [2.45, 2.75) is 72.0 Å². The molecule has 2 heterocycles. The third-order valence-electron chi connectivity index (χ3n) is 11.9. The number of halogens is 2. The van der Waals surface area contributed by atoms with Crippen LogP contribution < -0.4 is 21.7 Å². The van der Waals surface area contributed by atoms with Crippen molar-refractivity contribution < 1.29 is 76.0 Å². The fourth-order valence-corrected chi connectivity index (χ4v) is 8.98. The van der Waals surface area contributed by atoms with Crippen LogP contribution in [-0.4, -0.2) is 175 Å². The van der Waals surface area contributed by atoms with E-state index >= 15 is 4.39 Å². The number of ether oxygens (including phenoxy) is 4. The number of nitrogens with two attached hydrogens (primary N) is 1. The molecule has 1 aliphatic heterocycles. The summed E-state index contributed by atoms with van der Waals surface area (Å²) in [6.07, 6.45) is 4.66. The van der Waals surface area contributed by atoms with Crippen LogP contribution in [0.2, 0.25) is 0 Å². The van der Waals surface area contributed by atoms with Crippen LogP contribution in [0.1, 0.15) is 70.7 Å². The number of primary amides is 1. The molecular formula is C55H72F2N8O14S. The number of carboxylic acids is 1. The number of hydrogen-bond acceptors (Lipinski definition) is 14. The summed E-state index contributed by atoms with van der Waals surface area (Å²) in [6, 6.07) is 12.1. The van der Waals surface area contributed by atoms with Gasteiger partial charge in [-0.25, -0.2) is 18.6 Å². The summed E-state index contributed by atoms with van der Waals surface area (Å²) in [4.78, 5) is 118. The van der Waals surface area contributed by atoms with Crippen LogP contribution in [0.3, 0.4) is 0 Å². The molecule has 4 rings (SSSR count). The van der Waals surface area contributed by atoms with Crippen LogP contribution in [0.15, 0.2) is 77.9 Å². The molecule has 1 aliphatic rings. The number of nitrogens with zero attached hydrogens (tertiary/aromatic N) is 4. The standard InChI is InChI=1S/C55H72F2N8O14S/c1-5-46(67)61-31-38(29-45(58)66)53(73)60-17-9-19-64(52(55(2,3)4)44-28-39(41-30-40(56)12-13-42(41)57)33-63(44)32-37-10-7-6-8-11-37)51(72)36-80-35-43(54(74)75)62-47(68)16-20-76-22-24-78-26-27-79-25-23-77-21-18-59-48(69)34-65-49(70)14-15-50(65)71/h6-8,10-15,28,30-31,33,38,43,52H,5,9,16-27,29,32,34-36H2,1-4H3,(H2,58,66)(H,59,69)(H,60,73)(H,62,68)(H,74,75)/b61-31+/t38?,43-,52-/m0/s1. The van der Waals surface area contributed by atoms with E-state index in [4.69, 9.17) is 24.7 Å². The minimum Gasteiger partial charge on any atom is -0.480 e. The van der Waals surface area contributed by atoms with E-state index in [1.165, 1.54) is 0 Å². The summed E-state index contributed by atoms with van der Waals surface area (Å²) < 4.78 is 53.7. The fraction of sp³-hybridized carbons (Fsp3) is 0.491. The van der Waals surface area contributed by atoms with Gasteiger partial charge in [0.05, 0.1) is 70.6 Å². The first-order valence-electron chi connectivity index (χ1n) is 26.0. The predicted octanol–water partition coefficient (Wildman–Crippen LogP) is 3.20. The van der Waals surface area contributed by atoms with E-state index in [0.29, 0.717) is 11.3 Å². The van der Waals surface area contributed by atoms with Gasteiger partial charge in [0.2, 0.25) is 35.4 Å². The average molecular weight is 1140 g/mol. The molecule has 0 saturated heterocycles. The SMILES string of the molecule is CCC(=O)/N=C/C(CC(N)=O)C(=O)NCCCN(C(=O)CSC[C@H](NC(=O)CCOCCOCCOCCOCCNC(=O)CN1C(=O)C=CC1=O)C(=O)O)[C@@H](c1cc(-c2cc(F)ccc2F)cn1Cc1ccccc1)C(C)(C)C. The molecular weight excluding hydrogens is 1070 g/mol. The number of benzene rings is 2. The maximum absolute atomic E-state index is 15.4. The lowest BCUT2D eigenvalue weighted by Crippen LogP contribution is -2.45. The van der Waals surface area contributed by atoms with Crippen molar-refractivity contribution in [3.63, 3.8) is 0 Å². The number of aromatic nitrogens is 1. The molecule has 0 fully saturated rings. The van der Waals surface area contributed by atoms with Crippen molar-refractivity contribution in [2.75, 3.05) is 90.5 Å². The van der Waals surface area contributed by atoms with E-state index in [2.05, 4.69) is 20.9 Å². The van der Waals surface area contributed by atoms with E-state index in [1.54, 1.807) is 24.1 Å². The molecule has 0 radical (unpaired) electrons. The van der Waals surface area contributed by atoms with Gasteiger partial charge in [-0.1, -0.05) is 58.0 Å². The first-order chi connectivity index (χ1) is 38.2. The van der Waals surface area contributed by atoms with Crippen molar-refractivity contribution in [2.24, 2.45) is 22.1 Å². The van der Waals surface area contributed by atoms with Gasteiger partial charge in [0, 0.05) is 92.6 Å². The first kappa shape index (κ1) is 65.3. The van der Waals surface area contributed by atoms with Crippen molar-refractivity contribution in [3.05, 3.63) is 95.8 Å². The molecule has 1 unspecified atom stereocenters. The highest BCUT2D eigenvalue weighted by Gasteiger charge is 2.37. The molecule has 0 aliphatic carbocycles. The highest BCUT2D eigenvalue weighted by atomic mass is 32.2. The number of rotatable bonds is 37. The Hall–Kier alpha value is -7.19. The lowest BCUT2D eigenvalue weighted by molar-refractivity contribution is -0.141. The maximum atomic E-state index is 15.4. The summed E-state index contributed by atoms with van der Waals surface area (Å²) >= 11 is 0.982. The van der Waals surface area contributed by atoms with Crippen LogP contribution in [0.25, 0.3) is 11.1 Å². The molecule has 80 heavy (non-hydrogen) atoms. The van der Waals surface area contributed by atoms with Gasteiger partial charge < -0.3 is 55.2 Å². The van der Waals surface area contributed by atoms with Gasteiger partial charge >= 0.3 is 5.97 Å². The normalized spacial score (nSPS) is 13.6. The molecule has 436 valence electrons. The summed E-state index contributed by atoms with van der Waals surface area (Å²) in [5, 5.41) is 17.9. The molecule has 1 aromatic heterocycles. The topological polar surface area (TPSA) is 297 Å². The molecule has 0 saturated carbocycles. The van der Waals surface area contributed by atoms with Gasteiger partial charge in [0.15, 0.2) is 0 Å². The Kier molecular flexibility index (Phi) is 27.8. The molecule has 22 nitrogen and oxygen atoms in total. The Labute approximate surface area is 467 Å². The third kappa shape index (κ3) is 22.9. The zero-order valence-electron chi connectivity index (χ0n) is 45.5. The molecule has 6 N–H and O–H groups in total. The number of thioether (sulfide) groups is 1. The summed E-state index contributed by atoms with van der Waals surface area (Å²) in [5.41, 5.74) is 6.46. The second-order valence-electron chi connectivity index (χ2n) is 19.3. The lowest BCUT2D eigenvalue weighted by Gasteiger charge is -2.41. The number of aliphatic carboxylic acids is 1. The second-order valence-corrected chi connectivity index (χ2v) is 20.3. The largest absolute Gasteiger partial charge is 0.480 e. The number of amides is 8. The molecule has 25 heteroatoms. The van der Waals surface area contributed by atoms with Crippen molar-refractivity contribution >= 4 is 71.2 Å². The van der Waals surface area contributed by atoms with Gasteiger partial charge in [-0.15, -0.1) is 11.8 Å². The average Bonchev–Trinajstić information content (AvgIpc) is 4.11. The molecule has 0 spiro atoms. The summed E-state index contributed by atoms with van der Waals surface area (Å²) in [7, 11) is 0. The number of carbonyl (C=O) groups excluding carboxylic acids is 8. The van der Waals surface area contributed by atoms with Gasteiger partial charge in [0.25, 0.3) is 11.8 Å². The molecule has 3 aromatic rings. The van der Waals surface area contributed by atoms with Gasteiger partial charge in [-0.05, 0) is 41.7 Å². The smallest absolute Gasteiger partial charge is 0.327 e. The number of carboxylic acid groups (broad SMARTS) is 1. The second kappa shape index (κ2) is 34.1. The minimum absolute atomic E-state index is 0.00286. The Morgan fingerprint density at radius 1 is 0.838 bits per heavy atom. The third-order valence-corrected chi connectivity index (χ3v) is 13.0. The van der Waals surface area contributed by atoms with Crippen molar-refractivity contribution in [1.29, 1.82) is 0 Å². The van der Waals surface area contributed by atoms with Gasteiger partial charge in [-0.2, -0.15) is 0 Å². The quantitative estimate of drug-likeness (QED) is 0.0315. The zero-order valence-corrected chi connectivity index (χ0v) is 46.3. The number of hydrogen-bond donors (Lipinski definition) is 5. The fourth-order valence-electron chi connectivity index (χ4n) is 8.06. The Balaban J connectivity index is 1.32. The molecule has 0 bridgehead atoms. The lowest BCUT2D eigenvalue weighted by atomic mass is 9.83. The number of imide groups is 1. The predicted molar refractivity (Wildman–Crippen MR) is 292 cm³/mol. The monoisotopic (exact) mass is 1140 g/mol. The Morgan fingerprint density at radius 2 is 1.48 bits per heavy atom. The van der Waals surface area contributed by atoms with Crippen molar-refractivity contribution in [1.82, 2.24) is 30.3 Å². The van der Waals surface area contributed by atoms with E-state index < -0.39 is 94.7 Å². The van der Waals surface area contributed by atoms with Gasteiger partial charge in [0.1, 0.15) is 24.2 Å². The molecule has 3 atom stereocenters. The van der Waals surface area contributed by atoms with Crippen LogP contribution in [0.4, 0.5) is 8.78 Å². The van der Waals surface area contributed by atoms with E-state index in [-0.39, 0.29) is 122 Å². The van der Waals surface area contributed by atoms with Crippen LogP contribution in [0.5, 0.6) is 0 Å². The van der Waals surface area contributed by atoms with Crippen LogP contribution in [0, 0.1) is 23.0 Å². The van der Waals surface area contributed by atoms with Crippen molar-refractivity contribution in [3.8, 4) is 11.1 Å².